The summed E-state index contributed by atoms with van der Waals surface area (Å²) < 4.78 is 172. The maximum Gasteiger partial charge on any atom is 0.170 e. The molecule has 0 atom stereocenters. The Morgan fingerprint density at radius 1 is 0.417 bits per heavy atom. The number of rotatable bonds is 7. The number of hydrogen-bond acceptors (Lipinski definition) is 0. The lowest BCUT2D eigenvalue weighted by atomic mass is 9.94. The first-order valence-corrected chi connectivity index (χ1v) is 10.4. The fourth-order valence-corrected chi connectivity index (χ4v) is 3.71. The van der Waals surface area contributed by atoms with E-state index in [9.17, 15) is 52.7 Å². The fourth-order valence-electron chi connectivity index (χ4n) is 3.71. The first-order chi connectivity index (χ1) is 16.9. The summed E-state index contributed by atoms with van der Waals surface area (Å²) in [6.45, 7) is 1.81. The summed E-state index contributed by atoms with van der Waals surface area (Å²) in [6.07, 6.45) is 1.34. The lowest BCUT2D eigenvalue weighted by molar-refractivity contribution is 0.429. The van der Waals surface area contributed by atoms with Crippen LogP contribution >= 0.6 is 0 Å². The summed E-state index contributed by atoms with van der Waals surface area (Å²) in [5.74, 6) is -29.2. The van der Waals surface area contributed by atoms with Gasteiger partial charge in [-0.15, -0.1) is 0 Å². The summed E-state index contributed by atoms with van der Waals surface area (Å²) >= 11 is 0. The van der Waals surface area contributed by atoms with Crippen molar-refractivity contribution in [2.24, 2.45) is 0 Å². The van der Waals surface area contributed by atoms with Crippen molar-refractivity contribution >= 4 is 0 Å². The molecule has 0 aliphatic carbocycles. The second-order valence-electron chi connectivity index (χ2n) is 7.77. The highest BCUT2D eigenvalue weighted by atomic mass is 19.2. The normalized spacial score (nSPS) is 11.5. The van der Waals surface area contributed by atoms with Crippen LogP contribution in [-0.2, 0) is 6.42 Å². The molecule has 3 aromatic carbocycles. The number of benzene rings is 3. The van der Waals surface area contributed by atoms with Gasteiger partial charge in [0.1, 0.15) is 0 Å². The lowest BCUT2D eigenvalue weighted by Gasteiger charge is -2.16. The molecule has 0 radical (unpaired) electrons. The van der Waals surface area contributed by atoms with Crippen molar-refractivity contribution < 1.29 is 52.7 Å². The minimum Gasteiger partial charge on any atom is -0.204 e. The van der Waals surface area contributed by atoms with Crippen LogP contribution in [-0.4, -0.2) is 0 Å². The molecule has 0 aromatic heterocycles. The Kier molecular flexibility index (Phi) is 7.94. The molecule has 0 heterocycles. The standard InChI is InChI=1S/C24H14F12/c1-2-3-4-5-6-8-15(27)19(31)13(20(32)16(8)28)14-23(35)21(33)12(22(34)24(14)36)11-17(29)9(25)7-10(26)18(11)30/h7H,2-6H2,1H3. The molecule has 36 heavy (non-hydrogen) atoms. The first-order valence-electron chi connectivity index (χ1n) is 10.4. The van der Waals surface area contributed by atoms with Gasteiger partial charge in [-0.1, -0.05) is 26.2 Å². The van der Waals surface area contributed by atoms with Crippen molar-refractivity contribution in [2.75, 3.05) is 0 Å². The van der Waals surface area contributed by atoms with E-state index < -0.39 is 104 Å². The van der Waals surface area contributed by atoms with Gasteiger partial charge < -0.3 is 0 Å². The SMILES string of the molecule is CCCCCCc1c(F)c(F)c(-c2c(F)c(F)c(-c3c(F)c(F)cc(F)c3F)c(F)c2F)c(F)c1F. The monoisotopic (exact) mass is 530 g/mol. The van der Waals surface area contributed by atoms with Crippen molar-refractivity contribution in [2.45, 2.75) is 39.0 Å². The van der Waals surface area contributed by atoms with E-state index in [-0.39, 0.29) is 12.5 Å². The van der Waals surface area contributed by atoms with Crippen LogP contribution in [0.2, 0.25) is 0 Å². The second kappa shape index (κ2) is 10.4. The molecular formula is C24H14F12. The van der Waals surface area contributed by atoms with Crippen molar-refractivity contribution in [3.05, 3.63) is 81.4 Å². The zero-order chi connectivity index (χ0) is 27.1. The molecule has 0 spiro atoms. The molecule has 0 fully saturated rings. The Hall–Kier alpha value is -3.18. The largest absolute Gasteiger partial charge is 0.204 e. The van der Waals surface area contributed by atoms with Crippen LogP contribution in [0.25, 0.3) is 22.3 Å². The highest BCUT2D eigenvalue weighted by molar-refractivity contribution is 5.75. The molecule has 0 saturated carbocycles. The van der Waals surface area contributed by atoms with Crippen LogP contribution < -0.4 is 0 Å². The third-order valence-corrected chi connectivity index (χ3v) is 5.51. The van der Waals surface area contributed by atoms with Gasteiger partial charge in [0.2, 0.25) is 0 Å². The molecule has 0 aliphatic heterocycles. The van der Waals surface area contributed by atoms with E-state index in [0.717, 1.165) is 0 Å². The minimum atomic E-state index is -2.74. The highest BCUT2D eigenvalue weighted by Crippen LogP contribution is 2.42. The molecule has 0 N–H and O–H groups in total. The Balaban J connectivity index is 2.30. The average Bonchev–Trinajstić information content (AvgIpc) is 2.84. The summed E-state index contributed by atoms with van der Waals surface area (Å²) in [5.41, 5.74) is -10.1. The molecule has 0 nitrogen and oxygen atoms in total. The van der Waals surface area contributed by atoms with Crippen LogP contribution in [0.4, 0.5) is 52.7 Å². The zero-order valence-electron chi connectivity index (χ0n) is 18.1. The van der Waals surface area contributed by atoms with Crippen LogP contribution in [0, 0.1) is 69.8 Å². The van der Waals surface area contributed by atoms with Crippen LogP contribution in [0.15, 0.2) is 6.07 Å². The van der Waals surface area contributed by atoms with Gasteiger partial charge in [0.25, 0.3) is 0 Å². The maximum absolute atomic E-state index is 14.8. The predicted octanol–water partition coefficient (Wildman–Crippen LogP) is 8.81. The topological polar surface area (TPSA) is 0 Å². The summed E-state index contributed by atoms with van der Waals surface area (Å²) in [6, 6.07) is -0.356. The van der Waals surface area contributed by atoms with Crippen molar-refractivity contribution in [3.63, 3.8) is 0 Å². The summed E-state index contributed by atoms with van der Waals surface area (Å²) in [7, 11) is 0. The Labute approximate surface area is 196 Å². The molecular weight excluding hydrogens is 516 g/mol. The van der Waals surface area contributed by atoms with E-state index in [1.807, 2.05) is 6.92 Å². The third kappa shape index (κ3) is 4.41. The molecule has 12 heteroatoms. The molecule has 0 amide bonds. The number of unbranched alkanes of at least 4 members (excludes halogenated alkanes) is 3. The zero-order valence-corrected chi connectivity index (χ0v) is 18.1. The smallest absolute Gasteiger partial charge is 0.170 e. The van der Waals surface area contributed by atoms with Gasteiger partial charge in [0.05, 0.1) is 22.3 Å². The van der Waals surface area contributed by atoms with E-state index in [2.05, 4.69) is 0 Å². The average molecular weight is 530 g/mol. The van der Waals surface area contributed by atoms with Gasteiger partial charge in [-0.3, -0.25) is 0 Å². The van der Waals surface area contributed by atoms with E-state index >= 15 is 0 Å². The molecule has 194 valence electrons. The molecule has 0 unspecified atom stereocenters. The Bertz CT molecular complexity index is 1260. The van der Waals surface area contributed by atoms with Crippen LogP contribution in [0.1, 0.15) is 38.2 Å². The predicted molar refractivity (Wildman–Crippen MR) is 105 cm³/mol. The number of halogens is 12. The fraction of sp³-hybridized carbons (Fsp3) is 0.250. The highest BCUT2D eigenvalue weighted by Gasteiger charge is 2.36. The second-order valence-corrected chi connectivity index (χ2v) is 7.77. The van der Waals surface area contributed by atoms with Crippen molar-refractivity contribution in [3.8, 4) is 22.3 Å². The minimum absolute atomic E-state index is 0.0852. The molecule has 0 saturated heterocycles. The van der Waals surface area contributed by atoms with Gasteiger partial charge in [-0.05, 0) is 12.8 Å². The van der Waals surface area contributed by atoms with Gasteiger partial charge in [-0.25, -0.2) is 52.7 Å². The Morgan fingerprint density at radius 3 is 1.11 bits per heavy atom. The van der Waals surface area contributed by atoms with Crippen molar-refractivity contribution in [1.82, 2.24) is 0 Å². The van der Waals surface area contributed by atoms with Crippen LogP contribution in [0.5, 0.6) is 0 Å². The van der Waals surface area contributed by atoms with Gasteiger partial charge >= 0.3 is 0 Å². The van der Waals surface area contributed by atoms with E-state index in [1.54, 1.807) is 0 Å². The quantitative estimate of drug-likeness (QED) is 0.163. The van der Waals surface area contributed by atoms with Gasteiger partial charge in [0.15, 0.2) is 69.8 Å². The first kappa shape index (κ1) is 27.4. The van der Waals surface area contributed by atoms with E-state index in [1.165, 1.54) is 0 Å². The summed E-state index contributed by atoms with van der Waals surface area (Å²) in [4.78, 5) is 0. The van der Waals surface area contributed by atoms with E-state index in [0.29, 0.717) is 19.3 Å². The van der Waals surface area contributed by atoms with Gasteiger partial charge in [-0.2, -0.15) is 0 Å². The Morgan fingerprint density at radius 2 is 0.750 bits per heavy atom. The molecule has 0 aliphatic rings. The van der Waals surface area contributed by atoms with Gasteiger partial charge in [0, 0.05) is 11.6 Å². The van der Waals surface area contributed by atoms with E-state index in [4.69, 9.17) is 0 Å². The lowest BCUT2D eigenvalue weighted by Crippen LogP contribution is -2.12. The maximum atomic E-state index is 14.8. The third-order valence-electron chi connectivity index (χ3n) is 5.51. The number of hydrogen-bond donors (Lipinski definition) is 0. The molecule has 3 aromatic rings. The summed E-state index contributed by atoms with van der Waals surface area (Å²) in [5, 5.41) is 0. The van der Waals surface area contributed by atoms with Crippen molar-refractivity contribution in [1.29, 1.82) is 0 Å². The van der Waals surface area contributed by atoms with Crippen LogP contribution in [0.3, 0.4) is 0 Å². The molecule has 3 rings (SSSR count). The molecule has 0 bridgehead atoms.